The van der Waals surface area contributed by atoms with Gasteiger partial charge in [0.25, 0.3) is 5.69 Å². The Morgan fingerprint density at radius 1 is 1.39 bits per heavy atom. The summed E-state index contributed by atoms with van der Waals surface area (Å²) in [6.07, 6.45) is 0. The fraction of sp³-hybridized carbons (Fsp3) is 0.500. The van der Waals surface area contributed by atoms with Crippen LogP contribution in [-0.2, 0) is 0 Å². The smallest absolute Gasteiger partial charge is 0.273 e. The highest BCUT2D eigenvalue weighted by Crippen LogP contribution is 2.29. The minimum absolute atomic E-state index is 0.0380. The average molecular weight is 317 g/mol. The second-order valence-electron chi connectivity index (χ2n) is 3.75. The van der Waals surface area contributed by atoms with Gasteiger partial charge >= 0.3 is 0 Å². The molecule has 0 amide bonds. The zero-order chi connectivity index (χ0) is 13.5. The van der Waals surface area contributed by atoms with Gasteiger partial charge in [-0.25, -0.2) is 0 Å². The second-order valence-corrected chi connectivity index (χ2v) is 4.60. The summed E-state index contributed by atoms with van der Waals surface area (Å²) in [5.74, 6) is 0.511. The van der Waals surface area contributed by atoms with Crippen LogP contribution in [0.2, 0.25) is 0 Å². The topological polar surface area (TPSA) is 55.6 Å². The standard InChI is InChI=1S/C12H17BrN2O3/c1-3-14(4-2)7-8-18-12-9-10(15(16)17)5-6-11(12)13/h5-6,9H,3-4,7-8H2,1-2H3. The molecule has 0 fully saturated rings. The monoisotopic (exact) mass is 316 g/mol. The molecule has 0 bridgehead atoms. The van der Waals surface area contributed by atoms with Crippen molar-refractivity contribution in [1.82, 2.24) is 4.90 Å². The van der Waals surface area contributed by atoms with Gasteiger partial charge in [0.05, 0.1) is 15.5 Å². The van der Waals surface area contributed by atoms with E-state index >= 15 is 0 Å². The predicted molar refractivity (Wildman–Crippen MR) is 74.1 cm³/mol. The number of hydrogen-bond acceptors (Lipinski definition) is 4. The Hall–Kier alpha value is -1.14. The SMILES string of the molecule is CCN(CC)CCOc1cc([N+](=O)[O-])ccc1Br. The van der Waals surface area contributed by atoms with Crippen molar-refractivity contribution in [1.29, 1.82) is 0 Å². The maximum absolute atomic E-state index is 10.7. The first-order chi connectivity index (χ1) is 8.58. The number of hydrogen-bond donors (Lipinski definition) is 0. The number of nitro groups is 1. The van der Waals surface area contributed by atoms with Gasteiger partial charge in [0.1, 0.15) is 12.4 Å². The molecule has 0 spiro atoms. The molecule has 0 atom stereocenters. The molecule has 0 saturated heterocycles. The van der Waals surface area contributed by atoms with Crippen LogP contribution in [0.5, 0.6) is 5.75 Å². The van der Waals surface area contributed by atoms with Gasteiger partial charge in [-0.1, -0.05) is 13.8 Å². The molecule has 0 heterocycles. The molecule has 100 valence electrons. The minimum Gasteiger partial charge on any atom is -0.491 e. The lowest BCUT2D eigenvalue weighted by atomic mass is 10.3. The molecule has 1 aromatic carbocycles. The molecule has 0 saturated carbocycles. The van der Waals surface area contributed by atoms with Crippen molar-refractivity contribution in [3.05, 3.63) is 32.8 Å². The first-order valence-electron chi connectivity index (χ1n) is 5.87. The van der Waals surface area contributed by atoms with Crippen LogP contribution in [0, 0.1) is 10.1 Å². The highest BCUT2D eigenvalue weighted by Gasteiger charge is 2.10. The van der Waals surface area contributed by atoms with E-state index in [9.17, 15) is 10.1 Å². The van der Waals surface area contributed by atoms with Gasteiger partial charge in [-0.3, -0.25) is 10.1 Å². The molecule has 0 aromatic heterocycles. The van der Waals surface area contributed by atoms with Crippen LogP contribution in [0.15, 0.2) is 22.7 Å². The summed E-state index contributed by atoms with van der Waals surface area (Å²) in [5, 5.41) is 10.7. The van der Waals surface area contributed by atoms with E-state index in [1.807, 2.05) is 0 Å². The lowest BCUT2D eigenvalue weighted by molar-refractivity contribution is -0.385. The molecule has 1 rings (SSSR count). The van der Waals surface area contributed by atoms with Crippen molar-refractivity contribution in [3.8, 4) is 5.75 Å². The lowest BCUT2D eigenvalue weighted by Crippen LogP contribution is -2.27. The third kappa shape index (κ3) is 4.27. The Labute approximate surface area is 115 Å². The first-order valence-corrected chi connectivity index (χ1v) is 6.66. The van der Waals surface area contributed by atoms with E-state index in [0.717, 1.165) is 24.1 Å². The number of likely N-dealkylation sites (N-methyl/N-ethyl adjacent to an activating group) is 1. The quantitative estimate of drug-likeness (QED) is 0.573. The van der Waals surface area contributed by atoms with Crippen LogP contribution in [0.25, 0.3) is 0 Å². The summed E-state index contributed by atoms with van der Waals surface area (Å²) in [6.45, 7) is 7.44. The molecule has 6 heteroatoms. The van der Waals surface area contributed by atoms with Gasteiger partial charge in [0, 0.05) is 12.6 Å². The number of benzene rings is 1. The lowest BCUT2D eigenvalue weighted by Gasteiger charge is -2.18. The number of nitro benzene ring substituents is 1. The molecule has 0 N–H and O–H groups in total. The normalized spacial score (nSPS) is 10.7. The Kier molecular flexibility index (Phi) is 6.07. The fourth-order valence-corrected chi connectivity index (χ4v) is 1.90. The van der Waals surface area contributed by atoms with E-state index in [4.69, 9.17) is 4.74 Å². The first kappa shape index (κ1) is 14.9. The minimum atomic E-state index is -0.427. The Balaban J connectivity index is 2.61. The molecule has 5 nitrogen and oxygen atoms in total. The van der Waals surface area contributed by atoms with Crippen LogP contribution in [-0.4, -0.2) is 36.1 Å². The van der Waals surface area contributed by atoms with E-state index in [2.05, 4.69) is 34.7 Å². The van der Waals surface area contributed by atoms with E-state index in [-0.39, 0.29) is 5.69 Å². The Bertz CT molecular complexity index is 408. The van der Waals surface area contributed by atoms with Crippen LogP contribution in [0.1, 0.15) is 13.8 Å². The van der Waals surface area contributed by atoms with E-state index in [1.54, 1.807) is 6.07 Å². The predicted octanol–water partition coefficient (Wildman–Crippen LogP) is 3.08. The highest BCUT2D eigenvalue weighted by atomic mass is 79.9. The van der Waals surface area contributed by atoms with Crippen molar-refractivity contribution >= 4 is 21.6 Å². The number of nitrogens with zero attached hydrogens (tertiary/aromatic N) is 2. The van der Waals surface area contributed by atoms with Crippen molar-refractivity contribution in [3.63, 3.8) is 0 Å². The molecule has 0 unspecified atom stereocenters. The zero-order valence-corrected chi connectivity index (χ0v) is 12.1. The van der Waals surface area contributed by atoms with Gasteiger partial charge in [0.15, 0.2) is 0 Å². The third-order valence-electron chi connectivity index (χ3n) is 2.69. The molecule has 18 heavy (non-hydrogen) atoms. The molecule has 0 aliphatic heterocycles. The Morgan fingerprint density at radius 3 is 2.61 bits per heavy atom. The number of non-ortho nitro benzene ring substituents is 1. The maximum Gasteiger partial charge on any atom is 0.273 e. The zero-order valence-electron chi connectivity index (χ0n) is 10.6. The fourth-order valence-electron chi connectivity index (χ4n) is 1.54. The summed E-state index contributed by atoms with van der Waals surface area (Å²) in [6, 6.07) is 4.51. The summed E-state index contributed by atoms with van der Waals surface area (Å²) in [7, 11) is 0. The number of ether oxygens (including phenoxy) is 1. The molecular weight excluding hydrogens is 300 g/mol. The summed E-state index contributed by atoms with van der Waals surface area (Å²) >= 11 is 3.32. The third-order valence-corrected chi connectivity index (χ3v) is 3.34. The van der Waals surface area contributed by atoms with Crippen molar-refractivity contribution in [2.45, 2.75) is 13.8 Å². The van der Waals surface area contributed by atoms with Crippen LogP contribution < -0.4 is 4.74 Å². The van der Waals surface area contributed by atoms with E-state index in [1.165, 1.54) is 12.1 Å². The molecule has 0 aliphatic rings. The summed E-state index contributed by atoms with van der Waals surface area (Å²) in [4.78, 5) is 12.5. The van der Waals surface area contributed by atoms with Gasteiger partial charge in [-0.2, -0.15) is 0 Å². The number of rotatable bonds is 7. The molecular formula is C12H17BrN2O3. The summed E-state index contributed by atoms with van der Waals surface area (Å²) in [5.41, 5.74) is 0.0380. The molecule has 1 aromatic rings. The second kappa shape index (κ2) is 7.33. The maximum atomic E-state index is 10.7. The van der Waals surface area contributed by atoms with Crippen molar-refractivity contribution in [2.24, 2.45) is 0 Å². The summed E-state index contributed by atoms with van der Waals surface area (Å²) < 4.78 is 6.30. The van der Waals surface area contributed by atoms with Gasteiger partial charge in [-0.05, 0) is 35.1 Å². The van der Waals surface area contributed by atoms with Gasteiger partial charge in [-0.15, -0.1) is 0 Å². The van der Waals surface area contributed by atoms with Crippen LogP contribution in [0.3, 0.4) is 0 Å². The van der Waals surface area contributed by atoms with Crippen molar-refractivity contribution < 1.29 is 9.66 Å². The largest absolute Gasteiger partial charge is 0.491 e. The van der Waals surface area contributed by atoms with E-state index in [0.29, 0.717) is 12.4 Å². The Morgan fingerprint density at radius 2 is 2.06 bits per heavy atom. The highest BCUT2D eigenvalue weighted by molar-refractivity contribution is 9.10. The molecule has 0 aliphatic carbocycles. The average Bonchev–Trinajstić information content (AvgIpc) is 2.36. The van der Waals surface area contributed by atoms with Crippen LogP contribution in [0.4, 0.5) is 5.69 Å². The van der Waals surface area contributed by atoms with Gasteiger partial charge < -0.3 is 9.64 Å². The number of halogens is 1. The molecule has 0 radical (unpaired) electrons. The van der Waals surface area contributed by atoms with Gasteiger partial charge in [0.2, 0.25) is 0 Å². The van der Waals surface area contributed by atoms with E-state index < -0.39 is 4.92 Å². The van der Waals surface area contributed by atoms with Crippen molar-refractivity contribution in [2.75, 3.05) is 26.2 Å². The van der Waals surface area contributed by atoms with Crippen LogP contribution >= 0.6 is 15.9 Å².